The van der Waals surface area contributed by atoms with E-state index >= 15 is 0 Å². The van der Waals surface area contributed by atoms with E-state index in [-0.39, 0.29) is 71.3 Å². The minimum absolute atomic E-state index is 0.0381. The van der Waals surface area contributed by atoms with E-state index in [1.54, 1.807) is 70.1 Å². The second-order valence-corrected chi connectivity index (χ2v) is 39.0. The Morgan fingerprint density at radius 1 is 0.345 bits per heavy atom. The van der Waals surface area contributed by atoms with E-state index in [9.17, 15) is 48.6 Å². The molecule has 15 aromatic rings. The summed E-state index contributed by atoms with van der Waals surface area (Å²) in [6.45, 7) is 0.415. The number of aliphatic hydroxyl groups excluding tert-OH is 1. The molecule has 142 heavy (non-hydrogen) atoms. The van der Waals surface area contributed by atoms with Crippen molar-refractivity contribution in [2.45, 2.75) is 86.6 Å². The number of carbonyl (C=O) groups is 4. The number of ether oxygens (including phenoxy) is 5. The lowest BCUT2D eigenvalue weighted by atomic mass is 9.95. The van der Waals surface area contributed by atoms with E-state index in [0.29, 0.717) is 40.2 Å². The number of aromatic hydroxyl groups is 1. The van der Waals surface area contributed by atoms with Crippen molar-refractivity contribution in [3.8, 4) is 23.0 Å². The number of nitrogens with two attached hydrogens (primary N) is 1. The summed E-state index contributed by atoms with van der Waals surface area (Å²) in [5, 5.41) is 29.5. The van der Waals surface area contributed by atoms with Crippen molar-refractivity contribution in [2.75, 3.05) is 50.4 Å². The molecule has 4 aliphatic rings. The number of methoxy groups -OCH3 is 2. The number of aliphatic hydroxyl groups is 1. The van der Waals surface area contributed by atoms with Gasteiger partial charge in [-0.3, -0.25) is 47.5 Å². The van der Waals surface area contributed by atoms with Crippen LogP contribution in [-0.2, 0) is 52.3 Å². The Labute approximate surface area is 871 Å². The molecule has 37 heteroatoms. The number of rotatable bonds is 19. The predicted octanol–water partition coefficient (Wildman–Crippen LogP) is 22.3. The minimum atomic E-state index is -0.728. The number of esters is 2. The number of hydrogen-bond acceptors (Lipinski definition) is 23. The summed E-state index contributed by atoms with van der Waals surface area (Å²) in [5.74, 6) is 5.30. The Morgan fingerprint density at radius 2 is 0.620 bits per heavy atom. The van der Waals surface area contributed by atoms with Crippen LogP contribution in [0.3, 0.4) is 0 Å². The molecular weight excluding hydrogens is 2050 g/mol. The van der Waals surface area contributed by atoms with Crippen molar-refractivity contribution in [3.05, 3.63) is 473 Å². The molecule has 4 aliphatic heterocycles. The largest absolute Gasteiger partial charge is 0.502 e. The molecule has 4 atom stereocenters. The van der Waals surface area contributed by atoms with Crippen LogP contribution in [0, 0.1) is 0 Å². The van der Waals surface area contributed by atoms with Crippen LogP contribution >= 0.6 is 140 Å². The monoisotopic (exact) mass is 2130 g/mol. The van der Waals surface area contributed by atoms with Gasteiger partial charge < -0.3 is 66.7 Å². The van der Waals surface area contributed by atoms with Crippen molar-refractivity contribution in [2.24, 2.45) is 0 Å². The van der Waals surface area contributed by atoms with E-state index in [4.69, 9.17) is 118 Å². The lowest BCUT2D eigenvalue weighted by molar-refractivity contribution is 0.0573. The summed E-state index contributed by atoms with van der Waals surface area (Å²) in [4.78, 5) is 104. The first-order valence-electron chi connectivity index (χ1n) is 43.5. The van der Waals surface area contributed by atoms with Crippen molar-refractivity contribution in [3.63, 3.8) is 0 Å². The van der Waals surface area contributed by atoms with E-state index in [2.05, 4.69) is 43.8 Å². The molecule has 0 spiro atoms. The molecule has 0 saturated carbocycles. The van der Waals surface area contributed by atoms with Crippen molar-refractivity contribution < 1.29 is 53.1 Å². The number of nitrogens with one attached hydrogen (secondary N) is 5. The number of nitrogens with zero attached hydrogens (tertiary/aromatic N) is 4. The Bertz CT molecular complexity index is 7290. The first-order chi connectivity index (χ1) is 68.6. The van der Waals surface area contributed by atoms with Gasteiger partial charge in [-0.25, -0.2) is 9.59 Å². The Kier molecular flexibility index (Phi) is 34.9. The molecule has 25 nitrogen and oxygen atoms in total. The number of halogens is 8. The van der Waals surface area contributed by atoms with Crippen LogP contribution in [0.2, 0.25) is 40.2 Å². The number of amides is 2. The molecule has 4 aromatic heterocycles. The highest BCUT2D eigenvalue weighted by molar-refractivity contribution is 7.99. The van der Waals surface area contributed by atoms with Crippen LogP contribution < -0.4 is 68.7 Å². The van der Waals surface area contributed by atoms with Crippen LogP contribution in [0.1, 0.15) is 150 Å². The standard InChI is InChI=1S/C28H23Cl2N3O3S.C28H22Cl2N2O4S.C21H17Cl2N3O3S.C14H10Cl2OS.C14H14N2O4/c1-31-28(35)26-27(36-15-17-7-3-2-4-8-17)23(34)11-12-33(26)32-25-19-10-6-5-9-18(19)16-37-24-14-22(30)21(29)13-20(24)25;1-35-28(34)26-27(36-15-17-7-3-2-4-8-17)23(33)11-12-32(26)31-25-19-10-6-5-9-18(19)16-37-24-14-22(30)21(29)13-20(24)25;1-24-21(29)19-20(28)16(27)6-7-26(19)25-18-12-5-3-2-4-11(12)10-30-17-9-15(23)14(22)8-13(17)18;15-11-5-10-13(6-12(11)16)18-7-8-3-1-2-4-9(8)14(10)17;1-19-14(18)12-13(11(17)7-8-16(12)15)20-9-10-5-3-2-4-6-10/h2-14,25,32H,15-16H2,1H3,(H,31,35);2-14,25,31H,15-16H2,1H3;2-9,18,25,28H,10H2,1H3,(H,24,29);1-6,14,17H,7H2;2-8H,9,15H2,1H3. The highest BCUT2D eigenvalue weighted by atomic mass is 35.5. The number of carbonyl (C=O) groups excluding carboxylic acids is 4. The Hall–Kier alpha value is -12.8. The molecule has 0 aliphatic carbocycles. The molecule has 4 unspecified atom stereocenters. The predicted molar refractivity (Wildman–Crippen MR) is 564 cm³/mol. The maximum Gasteiger partial charge on any atom is 0.360 e. The number of fused-ring (bicyclic) bond motifs is 8. The molecule has 726 valence electrons. The van der Waals surface area contributed by atoms with Crippen molar-refractivity contribution in [1.82, 2.24) is 29.3 Å². The first-order valence-corrected chi connectivity index (χ1v) is 50.4. The first kappa shape index (κ1) is 104. The van der Waals surface area contributed by atoms with Gasteiger partial charge in [-0.15, -0.1) is 47.0 Å². The van der Waals surface area contributed by atoms with Crippen molar-refractivity contribution in [1.29, 1.82) is 0 Å². The number of pyridine rings is 4. The average Bonchev–Trinajstić information content (AvgIpc) is 1.56. The van der Waals surface area contributed by atoms with Crippen LogP contribution in [0.4, 0.5) is 0 Å². The molecular formula is C105H86Cl8N10O15S4. The zero-order valence-electron chi connectivity index (χ0n) is 75.6. The quantitative estimate of drug-likeness (QED) is 0.0275. The van der Waals surface area contributed by atoms with Crippen molar-refractivity contribution >= 4 is 164 Å². The van der Waals surface area contributed by atoms with Crippen LogP contribution in [0.15, 0.2) is 324 Å². The molecule has 0 saturated heterocycles. The third-order valence-corrected chi connectivity index (χ3v) is 30.2. The molecule has 8 heterocycles. The van der Waals surface area contributed by atoms with Gasteiger partial charge in [-0.05, 0) is 126 Å². The lowest BCUT2D eigenvalue weighted by Gasteiger charge is -2.26. The molecule has 19 rings (SSSR count). The lowest BCUT2D eigenvalue weighted by Crippen LogP contribution is -2.33. The van der Waals surface area contributed by atoms with Gasteiger partial charge in [-0.1, -0.05) is 281 Å². The number of benzene rings is 11. The van der Waals surface area contributed by atoms with Crippen LogP contribution in [0.5, 0.6) is 23.0 Å². The highest BCUT2D eigenvalue weighted by Crippen LogP contribution is 2.49. The van der Waals surface area contributed by atoms with Crippen LogP contribution in [0.25, 0.3) is 0 Å². The van der Waals surface area contributed by atoms with Gasteiger partial charge in [0.2, 0.25) is 21.7 Å². The number of hydrogen-bond donors (Lipinski definition) is 8. The topological polar surface area (TPSA) is 329 Å². The number of aromatic nitrogens is 4. The second-order valence-electron chi connectivity index (χ2n) is 31.7. The SMILES string of the molecule is CNC(=O)c1c(O)c(=O)ccn1NC1c2ccccc2CSc2cc(Cl)c(Cl)cc21.CNC(=O)c1c(OCc2ccccc2)c(=O)ccn1NC1c2ccccc2CSc2cc(Cl)c(Cl)cc21.COC(=O)c1c(OCc2ccccc2)c(=O)ccn1N.COC(=O)c1c(OCc2ccccc2)c(=O)ccn1NC1c2ccccc2CSc2cc(Cl)c(Cl)cc21.OC1c2ccccc2CSc2cc(Cl)c(Cl)cc21. The molecule has 9 N–H and O–H groups in total. The number of thioether (sulfide) groups is 4. The van der Waals surface area contributed by atoms with Gasteiger partial charge in [-0.2, -0.15) is 0 Å². The summed E-state index contributed by atoms with van der Waals surface area (Å²) in [5.41, 5.74) is 22.6. The molecule has 2 amide bonds. The van der Waals surface area contributed by atoms with Gasteiger partial charge in [0.05, 0.1) is 72.5 Å². The smallest absolute Gasteiger partial charge is 0.360 e. The van der Waals surface area contributed by atoms with E-state index < -0.39 is 64.0 Å². The van der Waals surface area contributed by atoms with Crippen LogP contribution in [-0.4, -0.2) is 81.0 Å². The molecule has 0 radical (unpaired) electrons. The van der Waals surface area contributed by atoms with E-state index in [0.717, 1.165) is 131 Å². The maximum atomic E-state index is 13.1. The van der Waals surface area contributed by atoms with E-state index in [1.165, 1.54) is 80.5 Å². The van der Waals surface area contributed by atoms with Gasteiger partial charge in [0.15, 0.2) is 45.8 Å². The summed E-state index contributed by atoms with van der Waals surface area (Å²) in [7, 11) is 5.42. The average molecular weight is 2140 g/mol. The Balaban J connectivity index is 0.000000137. The fraction of sp³-hybridized carbons (Fsp3) is 0.143. The normalized spacial score (nSPS) is 14.2. The molecule has 0 bridgehead atoms. The molecule has 11 aromatic carbocycles. The molecule has 0 fully saturated rings. The highest BCUT2D eigenvalue weighted by Gasteiger charge is 2.34. The summed E-state index contributed by atoms with van der Waals surface area (Å²) < 4.78 is 32.3. The second kappa shape index (κ2) is 47.8. The zero-order valence-corrected chi connectivity index (χ0v) is 84.9. The maximum absolute atomic E-state index is 13.1. The Morgan fingerprint density at radius 3 is 0.986 bits per heavy atom. The van der Waals surface area contributed by atoms with E-state index in [1.807, 2.05) is 212 Å². The summed E-state index contributed by atoms with van der Waals surface area (Å²) in [6, 6.07) is 78.7. The van der Waals surface area contributed by atoms with Gasteiger partial charge in [0, 0.05) is 111 Å². The fourth-order valence-electron chi connectivity index (χ4n) is 15.7. The number of nitrogen functional groups attached to an aromatic ring is 1. The van der Waals surface area contributed by atoms with Gasteiger partial charge >= 0.3 is 11.9 Å². The summed E-state index contributed by atoms with van der Waals surface area (Å²) >= 11 is 56.9. The van der Waals surface area contributed by atoms with Gasteiger partial charge in [0.1, 0.15) is 25.9 Å². The zero-order chi connectivity index (χ0) is 101. The minimum Gasteiger partial charge on any atom is -0.502 e. The summed E-state index contributed by atoms with van der Waals surface area (Å²) in [6.07, 6.45) is 5.11. The third kappa shape index (κ3) is 24.0. The fourth-order valence-corrected chi connectivity index (χ4v) is 21.8. The van der Waals surface area contributed by atoms with Gasteiger partial charge in [0.25, 0.3) is 11.8 Å². The third-order valence-electron chi connectivity index (χ3n) is 22.8.